The first-order chi connectivity index (χ1) is 13.4. The Morgan fingerprint density at radius 2 is 1.82 bits per heavy atom. The number of alkyl halides is 3. The van der Waals surface area contributed by atoms with Gasteiger partial charge >= 0.3 is 6.18 Å². The van der Waals surface area contributed by atoms with E-state index >= 15 is 0 Å². The van der Waals surface area contributed by atoms with E-state index in [1.807, 2.05) is 0 Å². The molecule has 1 saturated carbocycles. The molecule has 2 atom stereocenters. The van der Waals surface area contributed by atoms with Gasteiger partial charge < -0.3 is 9.63 Å². The lowest BCUT2D eigenvalue weighted by atomic mass is 9.89. The lowest BCUT2D eigenvalue weighted by Crippen LogP contribution is -2.31. The number of hydrogen-bond donors (Lipinski definition) is 1. The fourth-order valence-electron chi connectivity index (χ4n) is 4.34. The van der Waals surface area contributed by atoms with Gasteiger partial charge in [0.15, 0.2) is 0 Å². The van der Waals surface area contributed by atoms with Crippen molar-refractivity contribution in [3.63, 3.8) is 0 Å². The quantitative estimate of drug-likeness (QED) is 0.829. The number of halogens is 3. The van der Waals surface area contributed by atoms with E-state index in [9.17, 15) is 18.3 Å². The largest absolute Gasteiger partial charge is 0.416 e. The monoisotopic (exact) mass is 395 g/mol. The molecule has 2 aromatic rings. The van der Waals surface area contributed by atoms with Gasteiger partial charge in [0.05, 0.1) is 17.7 Å². The summed E-state index contributed by atoms with van der Waals surface area (Å²) in [5.74, 6) is 1.31. The molecule has 0 spiro atoms. The van der Waals surface area contributed by atoms with Gasteiger partial charge in [-0.15, -0.1) is 0 Å². The van der Waals surface area contributed by atoms with Crippen LogP contribution in [0.4, 0.5) is 13.2 Å². The van der Waals surface area contributed by atoms with Crippen LogP contribution >= 0.6 is 0 Å². The molecule has 1 N–H and O–H groups in total. The number of β-amino-alcohol motifs (C(OH)–C–C–N with tert-alkyl or cyclic N) is 1. The highest BCUT2D eigenvalue weighted by atomic mass is 19.4. The summed E-state index contributed by atoms with van der Waals surface area (Å²) < 4.78 is 43.6. The van der Waals surface area contributed by atoms with Crippen molar-refractivity contribution in [3.05, 3.63) is 35.7 Å². The van der Waals surface area contributed by atoms with Crippen molar-refractivity contribution in [2.45, 2.75) is 56.8 Å². The smallest absolute Gasteiger partial charge is 0.392 e. The molecule has 2 aliphatic rings. The van der Waals surface area contributed by atoms with Gasteiger partial charge in [-0.05, 0) is 37.3 Å². The number of aliphatic hydroxyl groups is 1. The molecule has 1 aliphatic heterocycles. The molecule has 8 heteroatoms. The summed E-state index contributed by atoms with van der Waals surface area (Å²) in [7, 11) is 0. The third-order valence-corrected chi connectivity index (χ3v) is 5.80. The summed E-state index contributed by atoms with van der Waals surface area (Å²) in [4.78, 5) is 6.63. The van der Waals surface area contributed by atoms with Gasteiger partial charge in [0, 0.05) is 18.7 Å². The van der Waals surface area contributed by atoms with Crippen LogP contribution in [0, 0.1) is 5.92 Å². The van der Waals surface area contributed by atoms with Crippen molar-refractivity contribution in [2.75, 3.05) is 13.1 Å². The maximum atomic E-state index is 12.7. The standard InChI is InChI=1S/C20H24F3N3O2/c21-20(22,23)15-8-6-14(7-9-15)18-24-19(28-25-18)17-10-16(27)12-26(17)11-13-4-2-1-3-5-13/h6-9,13,16-17,27H,1-5,10-12H2. The topological polar surface area (TPSA) is 62.4 Å². The van der Waals surface area contributed by atoms with E-state index in [0.717, 1.165) is 18.7 Å². The van der Waals surface area contributed by atoms with Crippen molar-refractivity contribution in [1.82, 2.24) is 15.0 Å². The molecule has 1 aromatic heterocycles. The Balaban J connectivity index is 1.49. The lowest BCUT2D eigenvalue weighted by molar-refractivity contribution is -0.137. The van der Waals surface area contributed by atoms with E-state index in [0.29, 0.717) is 30.3 Å². The highest BCUT2D eigenvalue weighted by Gasteiger charge is 2.37. The van der Waals surface area contributed by atoms with Crippen LogP contribution in [0.15, 0.2) is 28.8 Å². The third kappa shape index (κ3) is 4.22. The van der Waals surface area contributed by atoms with Crippen LogP contribution in [0.3, 0.4) is 0 Å². The molecule has 0 amide bonds. The molecule has 5 nitrogen and oxygen atoms in total. The molecular weight excluding hydrogens is 371 g/mol. The number of hydrogen-bond acceptors (Lipinski definition) is 5. The molecule has 1 saturated heterocycles. The van der Waals surface area contributed by atoms with Gasteiger partial charge in [-0.3, -0.25) is 4.90 Å². The molecule has 1 aliphatic carbocycles. The minimum Gasteiger partial charge on any atom is -0.392 e. The van der Waals surface area contributed by atoms with Gasteiger partial charge in [-0.1, -0.05) is 36.6 Å². The molecule has 0 radical (unpaired) electrons. The maximum Gasteiger partial charge on any atom is 0.416 e. The maximum absolute atomic E-state index is 12.7. The number of aliphatic hydroxyl groups excluding tert-OH is 1. The Bertz CT molecular complexity index is 785. The molecule has 2 fully saturated rings. The highest BCUT2D eigenvalue weighted by molar-refractivity contribution is 5.54. The Kier molecular flexibility index (Phi) is 5.42. The number of benzene rings is 1. The Morgan fingerprint density at radius 1 is 1.11 bits per heavy atom. The SMILES string of the molecule is OC1CC(c2nc(-c3ccc(C(F)(F)F)cc3)no2)N(CC2CCCCC2)C1. The number of nitrogens with zero attached hydrogens (tertiary/aromatic N) is 3. The second kappa shape index (κ2) is 7.83. The summed E-state index contributed by atoms with van der Waals surface area (Å²) in [6, 6.07) is 4.58. The number of aromatic nitrogens is 2. The molecular formula is C20H24F3N3O2. The summed E-state index contributed by atoms with van der Waals surface area (Å²) in [6.45, 7) is 1.48. The van der Waals surface area contributed by atoms with Crippen LogP contribution in [0.5, 0.6) is 0 Å². The van der Waals surface area contributed by atoms with Crippen LogP contribution in [0.1, 0.15) is 56.0 Å². The Morgan fingerprint density at radius 3 is 2.50 bits per heavy atom. The van der Waals surface area contributed by atoms with Crippen molar-refractivity contribution in [3.8, 4) is 11.4 Å². The minimum atomic E-state index is -4.37. The summed E-state index contributed by atoms with van der Waals surface area (Å²) in [5.41, 5.74) is -0.238. The van der Waals surface area contributed by atoms with Crippen molar-refractivity contribution in [2.24, 2.45) is 5.92 Å². The molecule has 2 unspecified atom stereocenters. The van der Waals surface area contributed by atoms with Crippen molar-refractivity contribution < 1.29 is 22.8 Å². The molecule has 1 aromatic carbocycles. The van der Waals surface area contributed by atoms with E-state index < -0.39 is 17.8 Å². The second-order valence-corrected chi connectivity index (χ2v) is 7.89. The number of likely N-dealkylation sites (tertiary alicyclic amines) is 1. The van der Waals surface area contributed by atoms with Crippen LogP contribution in [0.25, 0.3) is 11.4 Å². The average Bonchev–Trinajstić information content (AvgIpc) is 3.29. The summed E-state index contributed by atoms with van der Waals surface area (Å²) in [5, 5.41) is 14.1. The lowest BCUT2D eigenvalue weighted by Gasteiger charge is -2.29. The highest BCUT2D eigenvalue weighted by Crippen LogP contribution is 2.35. The minimum absolute atomic E-state index is 0.146. The molecule has 28 heavy (non-hydrogen) atoms. The zero-order valence-electron chi connectivity index (χ0n) is 15.5. The van der Waals surface area contributed by atoms with E-state index in [1.165, 1.54) is 44.2 Å². The number of rotatable bonds is 4. The molecule has 4 rings (SSSR count). The Hall–Kier alpha value is -1.93. The van der Waals surface area contributed by atoms with Gasteiger partial charge in [-0.2, -0.15) is 18.2 Å². The van der Waals surface area contributed by atoms with Crippen LogP contribution in [-0.4, -0.2) is 39.3 Å². The average molecular weight is 395 g/mol. The Labute approximate surface area is 161 Å². The molecule has 2 heterocycles. The predicted molar refractivity (Wildman–Crippen MR) is 96.2 cm³/mol. The summed E-state index contributed by atoms with van der Waals surface area (Å²) in [6.07, 6.45) is 1.94. The van der Waals surface area contributed by atoms with Crippen LogP contribution in [0.2, 0.25) is 0 Å². The second-order valence-electron chi connectivity index (χ2n) is 7.89. The third-order valence-electron chi connectivity index (χ3n) is 5.80. The van der Waals surface area contributed by atoms with Crippen LogP contribution in [-0.2, 0) is 6.18 Å². The first-order valence-corrected chi connectivity index (χ1v) is 9.83. The zero-order valence-corrected chi connectivity index (χ0v) is 15.5. The van der Waals surface area contributed by atoms with Gasteiger partial charge in [0.2, 0.25) is 11.7 Å². The normalized spacial score (nSPS) is 24.7. The summed E-state index contributed by atoms with van der Waals surface area (Å²) >= 11 is 0. The van der Waals surface area contributed by atoms with Crippen molar-refractivity contribution >= 4 is 0 Å². The zero-order chi connectivity index (χ0) is 19.7. The fraction of sp³-hybridized carbons (Fsp3) is 0.600. The molecule has 152 valence electrons. The first kappa shape index (κ1) is 19.4. The first-order valence-electron chi connectivity index (χ1n) is 9.83. The van der Waals surface area contributed by atoms with E-state index in [-0.39, 0.29) is 11.9 Å². The van der Waals surface area contributed by atoms with Gasteiger partial charge in [0.1, 0.15) is 0 Å². The van der Waals surface area contributed by atoms with E-state index in [4.69, 9.17) is 4.52 Å². The van der Waals surface area contributed by atoms with Gasteiger partial charge in [-0.25, -0.2) is 0 Å². The van der Waals surface area contributed by atoms with E-state index in [2.05, 4.69) is 15.0 Å². The fourth-order valence-corrected chi connectivity index (χ4v) is 4.34. The van der Waals surface area contributed by atoms with Gasteiger partial charge in [0.25, 0.3) is 0 Å². The van der Waals surface area contributed by atoms with Crippen molar-refractivity contribution in [1.29, 1.82) is 0 Å². The predicted octanol–water partition coefficient (Wildman–Crippen LogP) is 4.44. The van der Waals surface area contributed by atoms with E-state index in [1.54, 1.807) is 0 Å². The molecule has 0 bridgehead atoms. The van der Waals surface area contributed by atoms with Crippen LogP contribution < -0.4 is 0 Å².